The minimum absolute atomic E-state index is 0.123. The largest absolute Gasteiger partial charge is 0.326 e. The first kappa shape index (κ1) is 20.7. The second-order valence-electron chi connectivity index (χ2n) is 8.05. The van der Waals surface area contributed by atoms with Crippen molar-refractivity contribution in [2.45, 2.75) is 62.6 Å². The van der Waals surface area contributed by atoms with Gasteiger partial charge in [-0.05, 0) is 51.0 Å². The zero-order chi connectivity index (χ0) is 21.1. The number of rotatable bonds is 6. The predicted molar refractivity (Wildman–Crippen MR) is 119 cm³/mol. The van der Waals surface area contributed by atoms with E-state index in [0.717, 1.165) is 36.3 Å². The Balaban J connectivity index is 1.38. The molecule has 0 unspecified atom stereocenters. The summed E-state index contributed by atoms with van der Waals surface area (Å²) in [5.41, 5.74) is 1.41. The molecule has 0 radical (unpaired) electrons. The fourth-order valence-electron chi connectivity index (χ4n) is 3.81. The molecule has 1 aliphatic carbocycles. The van der Waals surface area contributed by atoms with Crippen LogP contribution in [0.25, 0.3) is 5.78 Å². The average molecular weight is 426 g/mol. The van der Waals surface area contributed by atoms with Gasteiger partial charge in [0.1, 0.15) is 6.33 Å². The van der Waals surface area contributed by atoms with Crippen LogP contribution in [0.1, 0.15) is 57.7 Å². The third kappa shape index (κ3) is 4.59. The fraction of sp³-hybridized carbons (Fsp3) is 0.455. The number of benzene rings is 1. The SMILES string of the molecule is CC(C)n1cnc2nc(CSc3ccc(NC(=O)C4CCCCC4)cc3)cc(=O)n21. The smallest absolute Gasteiger partial charge is 0.274 e. The molecule has 4 rings (SSSR count). The fourth-order valence-corrected chi connectivity index (χ4v) is 4.60. The highest BCUT2D eigenvalue weighted by atomic mass is 32.2. The number of aromatic nitrogens is 4. The van der Waals surface area contributed by atoms with E-state index in [1.54, 1.807) is 28.8 Å². The summed E-state index contributed by atoms with van der Waals surface area (Å²) >= 11 is 1.60. The third-order valence-corrected chi connectivity index (χ3v) is 6.51. The van der Waals surface area contributed by atoms with Crippen molar-refractivity contribution in [3.05, 3.63) is 52.7 Å². The van der Waals surface area contributed by atoms with Crippen LogP contribution in [0.4, 0.5) is 5.69 Å². The zero-order valence-corrected chi connectivity index (χ0v) is 18.2. The van der Waals surface area contributed by atoms with Gasteiger partial charge >= 0.3 is 0 Å². The van der Waals surface area contributed by atoms with Crippen molar-refractivity contribution in [3.8, 4) is 0 Å². The minimum atomic E-state index is -0.123. The van der Waals surface area contributed by atoms with Crippen molar-refractivity contribution in [1.29, 1.82) is 0 Å². The molecule has 30 heavy (non-hydrogen) atoms. The first-order valence-corrected chi connectivity index (χ1v) is 11.5. The van der Waals surface area contributed by atoms with E-state index >= 15 is 0 Å². The van der Waals surface area contributed by atoms with E-state index in [4.69, 9.17) is 0 Å². The van der Waals surface area contributed by atoms with Crippen molar-refractivity contribution in [1.82, 2.24) is 19.2 Å². The quantitative estimate of drug-likeness (QED) is 0.596. The van der Waals surface area contributed by atoms with Crippen LogP contribution in [0.3, 0.4) is 0 Å². The van der Waals surface area contributed by atoms with Gasteiger partial charge in [0.2, 0.25) is 5.91 Å². The molecular formula is C22H27N5O2S. The van der Waals surface area contributed by atoms with Crippen LogP contribution in [0.5, 0.6) is 0 Å². The number of hydrogen-bond donors (Lipinski definition) is 1. The summed E-state index contributed by atoms with van der Waals surface area (Å²) in [6, 6.07) is 9.53. The van der Waals surface area contributed by atoms with Gasteiger partial charge in [-0.2, -0.15) is 9.50 Å². The van der Waals surface area contributed by atoms with Crippen LogP contribution in [0, 0.1) is 5.92 Å². The van der Waals surface area contributed by atoms with E-state index in [1.807, 2.05) is 38.1 Å². The molecule has 0 bridgehead atoms. The number of carbonyl (C=O) groups is 1. The Hall–Kier alpha value is -2.61. The van der Waals surface area contributed by atoms with E-state index in [2.05, 4.69) is 15.3 Å². The number of thioether (sulfide) groups is 1. The summed E-state index contributed by atoms with van der Waals surface area (Å²) < 4.78 is 3.28. The first-order valence-electron chi connectivity index (χ1n) is 10.5. The van der Waals surface area contributed by atoms with Gasteiger partial charge in [0, 0.05) is 34.4 Å². The molecule has 2 heterocycles. The number of anilines is 1. The Labute approximate surface area is 179 Å². The summed E-state index contributed by atoms with van der Waals surface area (Å²) in [4.78, 5) is 34.7. The molecule has 2 aromatic heterocycles. The second kappa shape index (κ2) is 9.04. The van der Waals surface area contributed by atoms with Gasteiger partial charge in [-0.1, -0.05) is 19.3 Å². The predicted octanol–water partition coefficient (Wildman–Crippen LogP) is 4.28. The zero-order valence-electron chi connectivity index (χ0n) is 17.4. The summed E-state index contributed by atoms with van der Waals surface area (Å²) in [5.74, 6) is 1.28. The van der Waals surface area contributed by atoms with Gasteiger partial charge in [-0.15, -0.1) is 11.8 Å². The maximum Gasteiger partial charge on any atom is 0.274 e. The highest BCUT2D eigenvalue weighted by Crippen LogP contribution is 2.26. The van der Waals surface area contributed by atoms with E-state index in [1.165, 1.54) is 10.9 Å². The van der Waals surface area contributed by atoms with Gasteiger partial charge in [-0.3, -0.25) is 14.3 Å². The molecule has 7 nitrogen and oxygen atoms in total. The summed E-state index contributed by atoms with van der Waals surface area (Å²) in [7, 11) is 0. The van der Waals surface area contributed by atoms with Crippen molar-refractivity contribution >= 4 is 29.1 Å². The molecule has 158 valence electrons. The molecule has 8 heteroatoms. The highest BCUT2D eigenvalue weighted by Gasteiger charge is 2.21. The van der Waals surface area contributed by atoms with Crippen LogP contribution in [0.15, 0.2) is 46.3 Å². The Morgan fingerprint density at radius 2 is 1.93 bits per heavy atom. The van der Waals surface area contributed by atoms with Crippen molar-refractivity contribution in [3.63, 3.8) is 0 Å². The standard InChI is InChI=1S/C22H27N5O2S/c1-15(2)26-14-23-22-25-18(12-20(28)27(22)26)13-30-19-10-8-17(9-11-19)24-21(29)16-6-4-3-5-7-16/h8-12,14-16H,3-7,13H2,1-2H3,(H,24,29). The van der Waals surface area contributed by atoms with Crippen LogP contribution < -0.4 is 10.9 Å². The number of hydrogen-bond acceptors (Lipinski definition) is 5. The molecule has 0 aliphatic heterocycles. The molecule has 1 fully saturated rings. The molecular weight excluding hydrogens is 398 g/mol. The summed E-state index contributed by atoms with van der Waals surface area (Å²) in [6.07, 6.45) is 7.16. The number of nitrogens with zero attached hydrogens (tertiary/aromatic N) is 4. The Bertz CT molecular complexity index is 1080. The molecule has 0 atom stereocenters. The molecule has 1 aromatic carbocycles. The number of carbonyl (C=O) groups excluding carboxylic acids is 1. The molecule has 3 aromatic rings. The molecule has 1 N–H and O–H groups in total. The van der Waals surface area contributed by atoms with Gasteiger partial charge in [0.05, 0.1) is 5.69 Å². The van der Waals surface area contributed by atoms with Gasteiger partial charge in [-0.25, -0.2) is 4.98 Å². The Morgan fingerprint density at radius 3 is 2.63 bits per heavy atom. The number of amides is 1. The van der Waals surface area contributed by atoms with E-state index in [9.17, 15) is 9.59 Å². The van der Waals surface area contributed by atoms with E-state index < -0.39 is 0 Å². The lowest BCUT2D eigenvalue weighted by Crippen LogP contribution is -2.24. The number of nitrogens with one attached hydrogen (secondary N) is 1. The summed E-state index contributed by atoms with van der Waals surface area (Å²) in [6.45, 7) is 4.00. The van der Waals surface area contributed by atoms with Crippen molar-refractivity contribution < 1.29 is 4.79 Å². The summed E-state index contributed by atoms with van der Waals surface area (Å²) in [5, 5.41) is 3.04. The maximum atomic E-state index is 12.5. The lowest BCUT2D eigenvalue weighted by molar-refractivity contribution is -0.120. The Kier molecular flexibility index (Phi) is 6.22. The topological polar surface area (TPSA) is 81.3 Å². The second-order valence-corrected chi connectivity index (χ2v) is 9.10. The van der Waals surface area contributed by atoms with Crippen LogP contribution >= 0.6 is 11.8 Å². The molecule has 1 amide bonds. The lowest BCUT2D eigenvalue weighted by Gasteiger charge is -2.20. The highest BCUT2D eigenvalue weighted by molar-refractivity contribution is 7.98. The van der Waals surface area contributed by atoms with Crippen LogP contribution in [-0.2, 0) is 10.5 Å². The van der Waals surface area contributed by atoms with Crippen molar-refractivity contribution in [2.24, 2.45) is 5.92 Å². The van der Waals surface area contributed by atoms with E-state index in [-0.39, 0.29) is 23.4 Å². The number of fused-ring (bicyclic) bond motifs is 1. The molecule has 0 saturated heterocycles. The van der Waals surface area contributed by atoms with E-state index in [0.29, 0.717) is 17.2 Å². The minimum Gasteiger partial charge on any atom is -0.326 e. The molecule has 1 aliphatic rings. The van der Waals surface area contributed by atoms with Gasteiger partial charge in [0.15, 0.2) is 0 Å². The average Bonchev–Trinajstić information content (AvgIpc) is 3.19. The van der Waals surface area contributed by atoms with Crippen molar-refractivity contribution in [2.75, 3.05) is 5.32 Å². The first-order chi connectivity index (χ1) is 14.5. The molecule has 1 saturated carbocycles. The monoisotopic (exact) mass is 425 g/mol. The molecule has 0 spiro atoms. The van der Waals surface area contributed by atoms with Gasteiger partial charge in [0.25, 0.3) is 11.3 Å². The van der Waals surface area contributed by atoms with Crippen LogP contribution in [-0.4, -0.2) is 25.1 Å². The van der Waals surface area contributed by atoms with Crippen LogP contribution in [0.2, 0.25) is 0 Å². The maximum absolute atomic E-state index is 12.5. The third-order valence-electron chi connectivity index (χ3n) is 5.47. The lowest BCUT2D eigenvalue weighted by atomic mass is 9.88. The normalized spacial score (nSPS) is 15.0. The Morgan fingerprint density at radius 1 is 1.20 bits per heavy atom. The van der Waals surface area contributed by atoms with Gasteiger partial charge < -0.3 is 5.32 Å².